The van der Waals surface area contributed by atoms with Crippen molar-refractivity contribution >= 4 is 5.91 Å². The highest BCUT2D eigenvalue weighted by molar-refractivity contribution is 5.76. The number of rotatable bonds is 7. The van der Waals surface area contributed by atoms with E-state index in [2.05, 4.69) is 0 Å². The number of ether oxygens (including phenoxy) is 2. The lowest BCUT2D eigenvalue weighted by Crippen LogP contribution is -2.33. The normalized spacial score (nSPS) is 17.6. The van der Waals surface area contributed by atoms with Crippen molar-refractivity contribution in [3.8, 4) is 0 Å². The zero-order chi connectivity index (χ0) is 11.6. The second-order valence-electron chi connectivity index (χ2n) is 3.84. The van der Waals surface area contributed by atoms with Crippen molar-refractivity contribution in [2.45, 2.75) is 25.7 Å². The molecule has 0 aromatic rings. The van der Waals surface area contributed by atoms with E-state index in [1.807, 2.05) is 0 Å². The summed E-state index contributed by atoms with van der Waals surface area (Å²) in [6.07, 6.45) is 3.83. The number of carbonyl (C=O) groups excluding carboxylic acids is 1. The number of aliphatic hydroxyl groups is 1. The summed E-state index contributed by atoms with van der Waals surface area (Å²) in [5.41, 5.74) is 0. The molecule has 1 amide bonds. The fourth-order valence-electron chi connectivity index (χ4n) is 1.63. The molecular weight excluding hydrogens is 210 g/mol. The summed E-state index contributed by atoms with van der Waals surface area (Å²) in [4.78, 5) is 13.3. The average Bonchev–Trinajstić information content (AvgIpc) is 2.49. The van der Waals surface area contributed by atoms with Gasteiger partial charge in [-0.3, -0.25) is 4.79 Å². The Kier molecular flexibility index (Phi) is 7.12. The van der Waals surface area contributed by atoms with E-state index in [9.17, 15) is 4.79 Å². The van der Waals surface area contributed by atoms with Crippen LogP contribution in [0.15, 0.2) is 0 Å². The smallest absolute Gasteiger partial charge is 0.224 e. The highest BCUT2D eigenvalue weighted by atomic mass is 16.5. The molecule has 0 atom stereocenters. The monoisotopic (exact) mass is 231 g/mol. The van der Waals surface area contributed by atoms with Crippen LogP contribution in [-0.2, 0) is 14.3 Å². The summed E-state index contributed by atoms with van der Waals surface area (Å²) in [5, 5.41) is 8.47. The summed E-state index contributed by atoms with van der Waals surface area (Å²) >= 11 is 0. The molecule has 1 fully saturated rings. The molecule has 1 aliphatic rings. The van der Waals surface area contributed by atoms with Crippen molar-refractivity contribution in [2.24, 2.45) is 0 Å². The number of hydrogen-bond acceptors (Lipinski definition) is 4. The maximum Gasteiger partial charge on any atom is 0.224 e. The van der Waals surface area contributed by atoms with E-state index in [1.54, 1.807) is 4.90 Å². The van der Waals surface area contributed by atoms with Gasteiger partial charge < -0.3 is 19.5 Å². The van der Waals surface area contributed by atoms with Crippen LogP contribution < -0.4 is 0 Å². The Bertz CT molecular complexity index is 198. The van der Waals surface area contributed by atoms with Crippen LogP contribution in [0.3, 0.4) is 0 Å². The van der Waals surface area contributed by atoms with Gasteiger partial charge in [0.05, 0.1) is 26.4 Å². The lowest BCUT2D eigenvalue weighted by atomic mass is 10.2. The van der Waals surface area contributed by atoms with Crippen LogP contribution in [0.2, 0.25) is 0 Å². The van der Waals surface area contributed by atoms with Gasteiger partial charge in [0.1, 0.15) is 6.73 Å². The standard InChI is InChI=1S/C11H21NO4/c13-6-7-15-8-9-16-10-12-5-3-1-2-4-11(12)14/h13H,1-10H2. The molecule has 1 saturated heterocycles. The van der Waals surface area contributed by atoms with Gasteiger partial charge in [0.2, 0.25) is 5.91 Å². The first-order chi connectivity index (χ1) is 7.84. The summed E-state index contributed by atoms with van der Waals surface area (Å²) in [6.45, 7) is 2.46. The SMILES string of the molecule is O=C1CCCCCN1COCCOCCO. The number of likely N-dealkylation sites (tertiary alicyclic amines) is 1. The first-order valence-corrected chi connectivity index (χ1v) is 5.88. The fourth-order valence-corrected chi connectivity index (χ4v) is 1.63. The average molecular weight is 231 g/mol. The zero-order valence-corrected chi connectivity index (χ0v) is 9.69. The minimum absolute atomic E-state index is 0.0324. The molecule has 5 nitrogen and oxygen atoms in total. The second-order valence-corrected chi connectivity index (χ2v) is 3.84. The third-order valence-corrected chi connectivity index (χ3v) is 2.53. The van der Waals surface area contributed by atoms with Crippen molar-refractivity contribution in [1.82, 2.24) is 4.90 Å². The molecule has 0 saturated carbocycles. The molecule has 1 heterocycles. The molecule has 0 aliphatic carbocycles. The Morgan fingerprint density at radius 1 is 1.12 bits per heavy atom. The Labute approximate surface area is 96.3 Å². The lowest BCUT2D eigenvalue weighted by Gasteiger charge is -2.20. The number of amides is 1. The van der Waals surface area contributed by atoms with E-state index in [-0.39, 0.29) is 12.5 Å². The van der Waals surface area contributed by atoms with E-state index in [1.165, 1.54) is 0 Å². The topological polar surface area (TPSA) is 59.0 Å². The molecule has 0 aromatic heterocycles. The van der Waals surface area contributed by atoms with E-state index in [4.69, 9.17) is 14.6 Å². The fraction of sp³-hybridized carbons (Fsp3) is 0.909. The van der Waals surface area contributed by atoms with Crippen molar-refractivity contribution in [3.05, 3.63) is 0 Å². The molecule has 5 heteroatoms. The van der Waals surface area contributed by atoms with Crippen LogP contribution in [0.5, 0.6) is 0 Å². The molecule has 0 aromatic carbocycles. The maximum atomic E-state index is 11.6. The van der Waals surface area contributed by atoms with Gasteiger partial charge in [-0.1, -0.05) is 6.42 Å². The minimum atomic E-state index is 0.0324. The van der Waals surface area contributed by atoms with E-state index < -0.39 is 0 Å². The van der Waals surface area contributed by atoms with Crippen LogP contribution in [0, 0.1) is 0 Å². The Morgan fingerprint density at radius 3 is 2.75 bits per heavy atom. The summed E-state index contributed by atoms with van der Waals surface area (Å²) < 4.78 is 10.4. The second kappa shape index (κ2) is 8.50. The van der Waals surface area contributed by atoms with Gasteiger partial charge in [-0.2, -0.15) is 0 Å². The van der Waals surface area contributed by atoms with Crippen molar-refractivity contribution in [1.29, 1.82) is 0 Å². The molecular formula is C11H21NO4. The molecule has 0 bridgehead atoms. The van der Waals surface area contributed by atoms with Gasteiger partial charge in [-0.05, 0) is 12.8 Å². The zero-order valence-electron chi connectivity index (χ0n) is 9.69. The van der Waals surface area contributed by atoms with Gasteiger partial charge in [0.15, 0.2) is 0 Å². The van der Waals surface area contributed by atoms with Crippen LogP contribution in [0.4, 0.5) is 0 Å². The Balaban J connectivity index is 2.04. The first kappa shape index (κ1) is 13.4. The molecule has 0 unspecified atom stereocenters. The Hall–Kier alpha value is -0.650. The molecule has 94 valence electrons. The lowest BCUT2D eigenvalue weighted by molar-refractivity contribution is -0.136. The predicted molar refractivity (Wildman–Crippen MR) is 58.9 cm³/mol. The first-order valence-electron chi connectivity index (χ1n) is 5.88. The van der Waals surface area contributed by atoms with Crippen molar-refractivity contribution in [2.75, 3.05) is 39.7 Å². The highest BCUT2D eigenvalue weighted by Gasteiger charge is 2.15. The third-order valence-electron chi connectivity index (χ3n) is 2.53. The van der Waals surface area contributed by atoms with Crippen molar-refractivity contribution in [3.63, 3.8) is 0 Å². The highest BCUT2D eigenvalue weighted by Crippen LogP contribution is 2.10. The molecule has 1 rings (SSSR count). The summed E-state index contributed by atoms with van der Waals surface area (Å²) in [7, 11) is 0. The Morgan fingerprint density at radius 2 is 1.94 bits per heavy atom. The van der Waals surface area contributed by atoms with E-state index >= 15 is 0 Å². The molecule has 16 heavy (non-hydrogen) atoms. The van der Waals surface area contributed by atoms with Gasteiger partial charge in [-0.25, -0.2) is 0 Å². The predicted octanol–water partition coefficient (Wildman–Crippen LogP) is 0.372. The van der Waals surface area contributed by atoms with Crippen LogP contribution in [0.1, 0.15) is 25.7 Å². The number of hydrogen-bond donors (Lipinski definition) is 1. The molecule has 1 aliphatic heterocycles. The van der Waals surface area contributed by atoms with E-state index in [0.29, 0.717) is 33.0 Å². The van der Waals surface area contributed by atoms with E-state index in [0.717, 1.165) is 25.8 Å². The number of nitrogens with zero attached hydrogens (tertiary/aromatic N) is 1. The van der Waals surface area contributed by atoms with Crippen LogP contribution in [-0.4, -0.2) is 55.6 Å². The molecule has 0 spiro atoms. The summed E-state index contributed by atoms with van der Waals surface area (Å²) in [6, 6.07) is 0. The molecule has 0 radical (unpaired) electrons. The van der Waals surface area contributed by atoms with Crippen LogP contribution >= 0.6 is 0 Å². The van der Waals surface area contributed by atoms with Gasteiger partial charge in [0, 0.05) is 13.0 Å². The largest absolute Gasteiger partial charge is 0.394 e. The maximum absolute atomic E-state index is 11.6. The van der Waals surface area contributed by atoms with Gasteiger partial charge in [-0.15, -0.1) is 0 Å². The third kappa shape index (κ3) is 5.44. The van der Waals surface area contributed by atoms with Gasteiger partial charge >= 0.3 is 0 Å². The summed E-state index contributed by atoms with van der Waals surface area (Å²) in [5.74, 6) is 0.189. The number of aliphatic hydroxyl groups excluding tert-OH is 1. The minimum Gasteiger partial charge on any atom is -0.394 e. The molecule has 1 N–H and O–H groups in total. The van der Waals surface area contributed by atoms with Crippen molar-refractivity contribution < 1.29 is 19.4 Å². The number of carbonyl (C=O) groups is 1. The van der Waals surface area contributed by atoms with Gasteiger partial charge in [0.25, 0.3) is 0 Å². The quantitative estimate of drug-likeness (QED) is 0.643. The van der Waals surface area contributed by atoms with Crippen LogP contribution in [0.25, 0.3) is 0 Å².